The van der Waals surface area contributed by atoms with Gasteiger partial charge in [0.25, 0.3) is 0 Å². The first-order valence-electron chi connectivity index (χ1n) is 8.88. The molecule has 0 fully saturated rings. The van der Waals surface area contributed by atoms with Gasteiger partial charge in [-0.3, -0.25) is 10.00 Å². The van der Waals surface area contributed by atoms with Crippen molar-refractivity contribution in [1.82, 2.24) is 14.8 Å². The van der Waals surface area contributed by atoms with Gasteiger partial charge in [0.15, 0.2) is 0 Å². The van der Waals surface area contributed by atoms with E-state index < -0.39 is 23.4 Å². The Morgan fingerprint density at radius 1 is 1.31 bits per heavy atom. The summed E-state index contributed by atoms with van der Waals surface area (Å²) in [5.74, 6) is 0. The minimum atomic E-state index is -4.40. The summed E-state index contributed by atoms with van der Waals surface area (Å²) in [4.78, 5) is 15.1. The highest BCUT2D eigenvalue weighted by molar-refractivity contribution is 6.00. The van der Waals surface area contributed by atoms with Crippen molar-refractivity contribution >= 4 is 28.8 Å². The van der Waals surface area contributed by atoms with E-state index in [2.05, 4.69) is 15.4 Å². The maximum absolute atomic E-state index is 12.6. The third kappa shape index (κ3) is 5.40. The first-order valence-corrected chi connectivity index (χ1v) is 8.88. The number of anilines is 1. The monoisotopic (exact) mass is 406 g/mol. The predicted molar refractivity (Wildman–Crippen MR) is 104 cm³/mol. The summed E-state index contributed by atoms with van der Waals surface area (Å²) in [7, 11) is 0. The molecule has 9 heteroatoms. The molecule has 0 aliphatic heterocycles. The van der Waals surface area contributed by atoms with Gasteiger partial charge in [-0.15, -0.1) is 0 Å². The Morgan fingerprint density at radius 2 is 2.07 bits per heavy atom. The molecule has 0 atom stereocenters. The van der Waals surface area contributed by atoms with Crippen LogP contribution in [-0.2, 0) is 17.5 Å². The number of ether oxygens (including phenoxy) is 1. The summed E-state index contributed by atoms with van der Waals surface area (Å²) in [5.41, 5.74) is 0.842. The van der Waals surface area contributed by atoms with E-state index in [4.69, 9.17) is 4.74 Å². The Morgan fingerprint density at radius 3 is 2.72 bits per heavy atom. The van der Waals surface area contributed by atoms with Crippen LogP contribution in [-0.4, -0.2) is 26.5 Å². The summed E-state index contributed by atoms with van der Waals surface area (Å²) >= 11 is 0. The smallest absolute Gasteiger partial charge is 0.419 e. The molecule has 0 radical (unpaired) electrons. The molecule has 3 aromatic rings. The van der Waals surface area contributed by atoms with Crippen LogP contribution in [0.1, 0.15) is 31.9 Å². The number of allylic oxidation sites excluding steroid dienone is 1. The fraction of sp³-hybridized carbons (Fsp3) is 0.300. The zero-order valence-corrected chi connectivity index (χ0v) is 16.2. The Kier molecular flexibility index (Phi) is 5.41. The second-order valence-electron chi connectivity index (χ2n) is 7.49. The molecule has 2 heterocycles. The van der Waals surface area contributed by atoms with Crippen LogP contribution < -0.4 is 5.32 Å². The standard InChI is InChI=1S/C20H21F3N4O2/c1-19(2,3)29-18(28)26-17-11-24-16-7-6-13(9-15(16)17)5-4-8-27-12-14(10-25-27)20(21,22)23/h4-7,9-12,24H,8H2,1-3H3,(H,26,28)/b5-4+. The Bertz CT molecular complexity index is 1040. The largest absolute Gasteiger partial charge is 0.444 e. The van der Waals surface area contributed by atoms with Crippen molar-refractivity contribution in [3.8, 4) is 0 Å². The van der Waals surface area contributed by atoms with Crippen LogP contribution in [0.5, 0.6) is 0 Å². The number of hydrogen-bond acceptors (Lipinski definition) is 3. The molecule has 2 N–H and O–H groups in total. The van der Waals surface area contributed by atoms with Crippen LogP contribution in [0.25, 0.3) is 17.0 Å². The van der Waals surface area contributed by atoms with Crippen LogP contribution in [0.4, 0.5) is 23.7 Å². The molecule has 3 rings (SSSR count). The van der Waals surface area contributed by atoms with Gasteiger partial charge in [0, 0.05) is 23.3 Å². The third-order valence-electron chi connectivity index (χ3n) is 3.90. The number of alkyl halides is 3. The van der Waals surface area contributed by atoms with Gasteiger partial charge in [-0.2, -0.15) is 18.3 Å². The lowest BCUT2D eigenvalue weighted by Crippen LogP contribution is -2.27. The van der Waals surface area contributed by atoms with Gasteiger partial charge in [0.05, 0.1) is 24.0 Å². The number of H-pyrrole nitrogens is 1. The van der Waals surface area contributed by atoms with Crippen LogP contribution in [0.3, 0.4) is 0 Å². The van der Waals surface area contributed by atoms with Crippen LogP contribution in [0.15, 0.2) is 42.9 Å². The molecule has 0 unspecified atom stereocenters. The fourth-order valence-corrected chi connectivity index (χ4v) is 2.67. The van der Waals surface area contributed by atoms with E-state index in [1.165, 1.54) is 4.68 Å². The Balaban J connectivity index is 1.71. The van der Waals surface area contributed by atoms with Crippen molar-refractivity contribution in [2.75, 3.05) is 5.32 Å². The fourth-order valence-electron chi connectivity index (χ4n) is 2.67. The van der Waals surface area contributed by atoms with E-state index in [-0.39, 0.29) is 6.54 Å². The number of amides is 1. The summed E-state index contributed by atoms with van der Waals surface area (Å²) < 4.78 is 44.3. The summed E-state index contributed by atoms with van der Waals surface area (Å²) in [6.45, 7) is 5.54. The van der Waals surface area contributed by atoms with Gasteiger partial charge in [0.1, 0.15) is 5.60 Å². The normalized spacial score (nSPS) is 12.6. The van der Waals surface area contributed by atoms with E-state index in [9.17, 15) is 18.0 Å². The number of benzene rings is 1. The van der Waals surface area contributed by atoms with Gasteiger partial charge in [-0.25, -0.2) is 4.79 Å². The number of halogens is 3. The van der Waals surface area contributed by atoms with Crippen molar-refractivity contribution in [1.29, 1.82) is 0 Å². The lowest BCUT2D eigenvalue weighted by molar-refractivity contribution is -0.137. The van der Waals surface area contributed by atoms with Gasteiger partial charge in [-0.1, -0.05) is 18.2 Å². The molecular formula is C20H21F3N4O2. The predicted octanol–water partition coefficient (Wildman–Crippen LogP) is 5.44. The minimum Gasteiger partial charge on any atom is -0.444 e. The van der Waals surface area contributed by atoms with E-state index >= 15 is 0 Å². The number of fused-ring (bicyclic) bond motifs is 1. The molecule has 1 amide bonds. The van der Waals surface area contributed by atoms with Crippen molar-refractivity contribution in [2.45, 2.75) is 39.1 Å². The number of rotatable bonds is 4. The quantitative estimate of drug-likeness (QED) is 0.606. The molecule has 29 heavy (non-hydrogen) atoms. The molecule has 0 bridgehead atoms. The molecule has 0 aliphatic rings. The van der Waals surface area contributed by atoms with Gasteiger partial charge in [-0.05, 0) is 38.5 Å². The number of nitrogens with zero attached hydrogens (tertiary/aromatic N) is 2. The molecule has 0 aliphatic carbocycles. The molecule has 154 valence electrons. The first kappa shape index (κ1) is 20.5. The number of aromatic nitrogens is 3. The number of hydrogen-bond donors (Lipinski definition) is 2. The molecule has 0 saturated heterocycles. The molecule has 2 aromatic heterocycles. The lowest BCUT2D eigenvalue weighted by atomic mass is 10.1. The zero-order valence-electron chi connectivity index (χ0n) is 16.2. The molecular weight excluding hydrogens is 385 g/mol. The second kappa shape index (κ2) is 7.65. The average molecular weight is 406 g/mol. The average Bonchev–Trinajstić information content (AvgIpc) is 3.20. The van der Waals surface area contributed by atoms with E-state index in [0.717, 1.165) is 28.9 Å². The van der Waals surface area contributed by atoms with Crippen molar-refractivity contribution < 1.29 is 22.7 Å². The molecule has 6 nitrogen and oxygen atoms in total. The van der Waals surface area contributed by atoms with Gasteiger partial charge < -0.3 is 9.72 Å². The lowest BCUT2D eigenvalue weighted by Gasteiger charge is -2.19. The number of aromatic amines is 1. The Labute approximate surface area is 165 Å². The van der Waals surface area contributed by atoms with E-state index in [1.807, 2.05) is 18.2 Å². The Hall–Kier alpha value is -3.23. The number of carbonyl (C=O) groups is 1. The van der Waals surface area contributed by atoms with Crippen molar-refractivity contribution in [3.63, 3.8) is 0 Å². The van der Waals surface area contributed by atoms with E-state index in [0.29, 0.717) is 5.69 Å². The zero-order chi connectivity index (χ0) is 21.2. The SMILES string of the molecule is CC(C)(C)OC(=O)Nc1c[nH]c2ccc(/C=C/Cn3cc(C(F)(F)F)cn3)cc12. The third-order valence-corrected chi connectivity index (χ3v) is 3.90. The summed E-state index contributed by atoms with van der Waals surface area (Å²) in [6.07, 6.45) is 1.96. The molecule has 0 saturated carbocycles. The van der Waals surface area contributed by atoms with Crippen molar-refractivity contribution in [2.24, 2.45) is 0 Å². The second-order valence-corrected chi connectivity index (χ2v) is 7.49. The van der Waals surface area contributed by atoms with Gasteiger partial charge >= 0.3 is 12.3 Å². The molecule has 0 spiro atoms. The minimum absolute atomic E-state index is 0.199. The van der Waals surface area contributed by atoms with Crippen LogP contribution >= 0.6 is 0 Å². The van der Waals surface area contributed by atoms with Crippen LogP contribution in [0, 0.1) is 0 Å². The summed E-state index contributed by atoms with van der Waals surface area (Å²) in [6, 6.07) is 5.57. The van der Waals surface area contributed by atoms with Gasteiger partial charge in [0.2, 0.25) is 0 Å². The van der Waals surface area contributed by atoms with E-state index in [1.54, 1.807) is 39.1 Å². The summed E-state index contributed by atoms with van der Waals surface area (Å²) in [5, 5.41) is 7.21. The van der Waals surface area contributed by atoms with Crippen molar-refractivity contribution in [3.05, 3.63) is 54.0 Å². The highest BCUT2D eigenvalue weighted by Crippen LogP contribution is 2.28. The highest BCUT2D eigenvalue weighted by Gasteiger charge is 2.32. The maximum Gasteiger partial charge on any atom is 0.419 e. The molecule has 1 aromatic carbocycles. The number of carbonyl (C=O) groups excluding carboxylic acids is 1. The highest BCUT2D eigenvalue weighted by atomic mass is 19.4. The topological polar surface area (TPSA) is 71.9 Å². The van der Waals surface area contributed by atoms with Crippen LogP contribution in [0.2, 0.25) is 0 Å². The maximum atomic E-state index is 12.6. The number of nitrogens with one attached hydrogen (secondary N) is 2. The first-order chi connectivity index (χ1) is 13.5.